The van der Waals surface area contributed by atoms with Gasteiger partial charge in [-0.1, -0.05) is 29.3 Å². The smallest absolute Gasteiger partial charge is 0.152 e. The van der Waals surface area contributed by atoms with Crippen molar-refractivity contribution in [3.05, 3.63) is 58.2 Å². The molecular weight excluding hydrogens is 309 g/mol. The van der Waals surface area contributed by atoms with Crippen LogP contribution < -0.4 is 4.74 Å². The molecule has 21 heavy (non-hydrogen) atoms. The average molecular weight is 320 g/mol. The summed E-state index contributed by atoms with van der Waals surface area (Å²) in [5.41, 5.74) is 1.49. The van der Waals surface area contributed by atoms with Gasteiger partial charge in [0.15, 0.2) is 6.29 Å². The first-order chi connectivity index (χ1) is 10.1. The second-order valence-electron chi connectivity index (χ2n) is 4.64. The maximum atomic E-state index is 11.2. The molecule has 5 heteroatoms. The number of hydrogen-bond acceptors (Lipinski definition) is 2. The summed E-state index contributed by atoms with van der Waals surface area (Å²) in [7, 11) is 1.88. The Morgan fingerprint density at radius 1 is 1.14 bits per heavy atom. The van der Waals surface area contributed by atoms with Crippen LogP contribution in [-0.2, 0) is 7.05 Å². The van der Waals surface area contributed by atoms with Gasteiger partial charge in [0.25, 0.3) is 0 Å². The largest absolute Gasteiger partial charge is 0.455 e. The molecule has 0 radical (unpaired) electrons. The van der Waals surface area contributed by atoms with E-state index in [2.05, 4.69) is 0 Å². The van der Waals surface area contributed by atoms with Crippen molar-refractivity contribution in [2.75, 3.05) is 0 Å². The molecule has 0 bridgehead atoms. The van der Waals surface area contributed by atoms with Crippen molar-refractivity contribution in [1.29, 1.82) is 0 Å². The predicted octanol–water partition coefficient (Wildman–Crippen LogP) is 5.09. The summed E-state index contributed by atoms with van der Waals surface area (Å²) in [4.78, 5) is 11.2. The van der Waals surface area contributed by atoms with Gasteiger partial charge >= 0.3 is 0 Å². The van der Waals surface area contributed by atoms with Gasteiger partial charge in [-0.25, -0.2) is 0 Å². The summed E-state index contributed by atoms with van der Waals surface area (Å²) in [6.45, 7) is 0. The van der Waals surface area contributed by atoms with Gasteiger partial charge in [-0.3, -0.25) is 4.79 Å². The van der Waals surface area contributed by atoms with E-state index >= 15 is 0 Å². The first-order valence-corrected chi connectivity index (χ1v) is 7.02. The van der Waals surface area contributed by atoms with Crippen molar-refractivity contribution in [3.63, 3.8) is 0 Å². The Kier molecular flexibility index (Phi) is 3.62. The van der Waals surface area contributed by atoms with E-state index in [1.54, 1.807) is 30.5 Å². The SMILES string of the molecule is Cn1cc(C=O)c2c(Oc3ccc(Cl)cc3Cl)cccc21. The minimum atomic E-state index is 0.420. The summed E-state index contributed by atoms with van der Waals surface area (Å²) < 4.78 is 7.75. The van der Waals surface area contributed by atoms with Crippen molar-refractivity contribution in [2.24, 2.45) is 7.05 Å². The van der Waals surface area contributed by atoms with Crippen molar-refractivity contribution in [2.45, 2.75) is 0 Å². The molecule has 0 spiro atoms. The van der Waals surface area contributed by atoms with Crippen molar-refractivity contribution < 1.29 is 9.53 Å². The van der Waals surface area contributed by atoms with Gasteiger partial charge in [0.05, 0.1) is 15.9 Å². The third-order valence-electron chi connectivity index (χ3n) is 3.25. The zero-order valence-electron chi connectivity index (χ0n) is 11.1. The fourth-order valence-electron chi connectivity index (χ4n) is 2.30. The number of aldehydes is 1. The van der Waals surface area contributed by atoms with E-state index in [9.17, 15) is 4.79 Å². The molecule has 0 saturated heterocycles. The molecule has 0 aliphatic carbocycles. The summed E-state index contributed by atoms with van der Waals surface area (Å²) in [5.74, 6) is 1.08. The molecule has 0 unspecified atom stereocenters. The topological polar surface area (TPSA) is 31.2 Å². The summed E-state index contributed by atoms with van der Waals surface area (Å²) >= 11 is 12.0. The maximum absolute atomic E-state index is 11.2. The molecule has 0 amide bonds. The van der Waals surface area contributed by atoms with Gasteiger partial charge in [0.1, 0.15) is 11.5 Å². The van der Waals surface area contributed by atoms with Gasteiger partial charge < -0.3 is 9.30 Å². The number of hydrogen-bond donors (Lipinski definition) is 0. The fraction of sp³-hybridized carbons (Fsp3) is 0.0625. The van der Waals surface area contributed by atoms with Crippen LogP contribution >= 0.6 is 23.2 Å². The number of nitrogens with zero attached hydrogens (tertiary/aromatic N) is 1. The number of carbonyl (C=O) groups is 1. The number of aryl methyl sites for hydroxylation is 1. The lowest BCUT2D eigenvalue weighted by molar-refractivity contribution is 0.112. The molecule has 0 aliphatic heterocycles. The lowest BCUT2D eigenvalue weighted by Gasteiger charge is -2.09. The molecular formula is C16H11Cl2NO2. The summed E-state index contributed by atoms with van der Waals surface area (Å²) in [6.07, 6.45) is 2.59. The summed E-state index contributed by atoms with van der Waals surface area (Å²) in [6, 6.07) is 10.6. The van der Waals surface area contributed by atoms with Gasteiger partial charge in [-0.2, -0.15) is 0 Å². The van der Waals surface area contributed by atoms with Gasteiger partial charge in [0, 0.05) is 23.8 Å². The Morgan fingerprint density at radius 2 is 1.95 bits per heavy atom. The quantitative estimate of drug-likeness (QED) is 0.629. The number of ether oxygens (including phenoxy) is 1. The van der Waals surface area contributed by atoms with E-state index in [0.717, 1.165) is 17.2 Å². The van der Waals surface area contributed by atoms with Gasteiger partial charge in [-0.05, 0) is 30.3 Å². The highest BCUT2D eigenvalue weighted by Gasteiger charge is 2.13. The van der Waals surface area contributed by atoms with E-state index in [-0.39, 0.29) is 0 Å². The Labute approximate surface area is 131 Å². The van der Waals surface area contributed by atoms with Crippen LogP contribution in [0.1, 0.15) is 10.4 Å². The monoisotopic (exact) mass is 319 g/mol. The number of carbonyl (C=O) groups excluding carboxylic acids is 1. The third-order valence-corrected chi connectivity index (χ3v) is 3.78. The Morgan fingerprint density at radius 3 is 2.67 bits per heavy atom. The van der Waals surface area contributed by atoms with E-state index < -0.39 is 0 Å². The molecule has 1 aromatic heterocycles. The molecule has 0 atom stereocenters. The highest BCUT2D eigenvalue weighted by atomic mass is 35.5. The van der Waals surface area contributed by atoms with E-state index in [1.807, 2.05) is 23.7 Å². The van der Waals surface area contributed by atoms with Crippen LogP contribution in [0.25, 0.3) is 10.9 Å². The molecule has 106 valence electrons. The summed E-state index contributed by atoms with van der Waals surface area (Å²) in [5, 5.41) is 1.72. The van der Waals surface area contributed by atoms with Crippen molar-refractivity contribution in [1.82, 2.24) is 4.57 Å². The van der Waals surface area contributed by atoms with E-state index in [0.29, 0.717) is 27.1 Å². The molecule has 0 fully saturated rings. The third kappa shape index (κ3) is 2.50. The molecule has 2 aromatic carbocycles. The number of aromatic nitrogens is 1. The number of fused-ring (bicyclic) bond motifs is 1. The fourth-order valence-corrected chi connectivity index (χ4v) is 2.74. The minimum absolute atomic E-state index is 0.420. The number of benzene rings is 2. The van der Waals surface area contributed by atoms with Crippen LogP contribution in [-0.4, -0.2) is 10.9 Å². The van der Waals surface area contributed by atoms with Crippen LogP contribution in [0.4, 0.5) is 0 Å². The first-order valence-electron chi connectivity index (χ1n) is 6.26. The Bertz CT molecular complexity index is 840. The molecule has 0 N–H and O–H groups in total. The second-order valence-corrected chi connectivity index (χ2v) is 5.48. The van der Waals surface area contributed by atoms with Gasteiger partial charge in [-0.15, -0.1) is 0 Å². The van der Waals surface area contributed by atoms with Crippen LogP contribution in [0.15, 0.2) is 42.6 Å². The van der Waals surface area contributed by atoms with Gasteiger partial charge in [0.2, 0.25) is 0 Å². The molecule has 0 saturated carbocycles. The molecule has 0 aliphatic rings. The molecule has 3 aromatic rings. The first kappa shape index (κ1) is 14.0. The van der Waals surface area contributed by atoms with Crippen LogP contribution in [0, 0.1) is 0 Å². The lowest BCUT2D eigenvalue weighted by Crippen LogP contribution is -1.88. The van der Waals surface area contributed by atoms with E-state index in [4.69, 9.17) is 27.9 Å². The van der Waals surface area contributed by atoms with E-state index in [1.165, 1.54) is 0 Å². The highest BCUT2D eigenvalue weighted by Crippen LogP contribution is 2.36. The number of rotatable bonds is 3. The van der Waals surface area contributed by atoms with Crippen LogP contribution in [0.3, 0.4) is 0 Å². The zero-order valence-corrected chi connectivity index (χ0v) is 12.7. The van der Waals surface area contributed by atoms with Crippen LogP contribution in [0.5, 0.6) is 11.5 Å². The normalized spacial score (nSPS) is 10.8. The second kappa shape index (κ2) is 5.43. The van der Waals surface area contributed by atoms with Crippen molar-refractivity contribution >= 4 is 40.4 Å². The minimum Gasteiger partial charge on any atom is -0.455 e. The molecule has 1 heterocycles. The molecule has 3 rings (SSSR count). The highest BCUT2D eigenvalue weighted by molar-refractivity contribution is 6.35. The number of halogens is 2. The maximum Gasteiger partial charge on any atom is 0.152 e. The lowest BCUT2D eigenvalue weighted by atomic mass is 10.1. The van der Waals surface area contributed by atoms with Crippen LogP contribution in [0.2, 0.25) is 10.0 Å². The molecule has 3 nitrogen and oxygen atoms in total. The standard InChI is InChI=1S/C16H11Cl2NO2/c1-19-8-10(9-20)16-13(19)3-2-4-15(16)21-14-6-5-11(17)7-12(14)18/h2-9H,1H3. The Balaban J connectivity index is 2.14. The Hall–Kier alpha value is -1.97. The predicted molar refractivity (Wildman–Crippen MR) is 84.8 cm³/mol. The van der Waals surface area contributed by atoms with Crippen molar-refractivity contribution in [3.8, 4) is 11.5 Å². The zero-order chi connectivity index (χ0) is 15.0. The average Bonchev–Trinajstić information content (AvgIpc) is 2.80.